The zero-order valence-electron chi connectivity index (χ0n) is 11.9. The molecule has 4 heteroatoms. The zero-order chi connectivity index (χ0) is 15.5. The lowest BCUT2D eigenvalue weighted by Gasteiger charge is -2.22. The van der Waals surface area contributed by atoms with Crippen LogP contribution in [-0.2, 0) is 0 Å². The number of hydrogen-bond donors (Lipinski definition) is 0. The Hall–Kier alpha value is -2.49. The Kier molecular flexibility index (Phi) is 4.17. The predicted octanol–water partition coefficient (Wildman–Crippen LogP) is 3.42. The van der Waals surface area contributed by atoms with E-state index in [-0.39, 0.29) is 11.6 Å². The molecule has 0 N–H and O–H groups in total. The minimum absolute atomic E-state index is 0.267. The van der Waals surface area contributed by atoms with E-state index in [2.05, 4.69) is 0 Å². The molecule has 0 saturated carbocycles. The number of carbonyl (C=O) groups excluding carboxylic acids is 1. The summed E-state index contributed by atoms with van der Waals surface area (Å²) in [5.41, 5.74) is -0.216. The van der Waals surface area contributed by atoms with Crippen molar-refractivity contribution in [3.63, 3.8) is 0 Å². The molecule has 3 nitrogen and oxygen atoms in total. The Balaban J connectivity index is 2.30. The summed E-state index contributed by atoms with van der Waals surface area (Å²) in [7, 11) is 0. The molecule has 2 aromatic carbocycles. The molecule has 0 fully saturated rings. The highest BCUT2D eigenvalue weighted by molar-refractivity contribution is 6.02. The van der Waals surface area contributed by atoms with Crippen molar-refractivity contribution in [1.29, 1.82) is 0 Å². The van der Waals surface area contributed by atoms with Gasteiger partial charge >= 0.3 is 0 Å². The lowest BCUT2D eigenvalue weighted by molar-refractivity contribution is -0.515. The zero-order valence-corrected chi connectivity index (χ0v) is 11.9. The molecule has 0 aromatic heterocycles. The summed E-state index contributed by atoms with van der Waals surface area (Å²) in [5.74, 6) is -0.638. The van der Waals surface area contributed by atoms with Crippen molar-refractivity contribution in [3.8, 4) is 0 Å². The molecule has 0 bridgehead atoms. The second-order valence-corrected chi connectivity index (χ2v) is 5.26. The van der Waals surface area contributed by atoms with Crippen molar-refractivity contribution in [1.82, 2.24) is 0 Å². The van der Waals surface area contributed by atoms with Crippen LogP contribution >= 0.6 is 0 Å². The number of hydroxylamine groups is 1. The maximum Gasteiger partial charge on any atom is 0.233 e. The van der Waals surface area contributed by atoms with Gasteiger partial charge in [-0.05, 0) is 24.3 Å². The van der Waals surface area contributed by atoms with Gasteiger partial charge in [-0.3, -0.25) is 4.79 Å². The molecule has 0 atom stereocenters. The Bertz CT molecular complexity index is 661. The van der Waals surface area contributed by atoms with Crippen LogP contribution in [0.2, 0.25) is 0 Å². The van der Waals surface area contributed by atoms with E-state index in [9.17, 15) is 14.4 Å². The maximum atomic E-state index is 12.8. The van der Waals surface area contributed by atoms with Crippen molar-refractivity contribution in [2.24, 2.45) is 0 Å². The van der Waals surface area contributed by atoms with Gasteiger partial charge in [-0.2, -0.15) is 4.74 Å². The molecule has 0 heterocycles. The van der Waals surface area contributed by atoms with Gasteiger partial charge in [0.2, 0.25) is 11.3 Å². The van der Waals surface area contributed by atoms with Gasteiger partial charge in [-0.1, -0.05) is 30.3 Å². The van der Waals surface area contributed by atoms with Crippen molar-refractivity contribution >= 4 is 12.0 Å². The van der Waals surface area contributed by atoms with Crippen LogP contribution in [0.25, 0.3) is 0 Å². The molecule has 0 aliphatic carbocycles. The number of rotatable bonds is 4. The predicted molar refractivity (Wildman–Crippen MR) is 80.0 cm³/mol. The van der Waals surface area contributed by atoms with Crippen molar-refractivity contribution in [2.45, 2.75) is 19.4 Å². The Morgan fingerprint density at radius 2 is 1.67 bits per heavy atom. The lowest BCUT2D eigenvalue weighted by Crippen LogP contribution is -2.42. The highest BCUT2D eigenvalue weighted by Crippen LogP contribution is 2.16. The van der Waals surface area contributed by atoms with Crippen LogP contribution in [0.4, 0.5) is 4.39 Å². The molecule has 0 aliphatic rings. The number of carbonyl (C=O) groups is 1. The van der Waals surface area contributed by atoms with E-state index < -0.39 is 5.54 Å². The molecule has 0 aliphatic heterocycles. The van der Waals surface area contributed by atoms with Crippen molar-refractivity contribution in [2.75, 3.05) is 0 Å². The average molecular weight is 285 g/mol. The minimum Gasteiger partial charge on any atom is -0.623 e. The van der Waals surface area contributed by atoms with Gasteiger partial charge in [-0.15, -0.1) is 0 Å². The van der Waals surface area contributed by atoms with Crippen LogP contribution in [0.15, 0.2) is 54.6 Å². The number of benzene rings is 2. The third-order valence-corrected chi connectivity index (χ3v) is 3.28. The summed E-state index contributed by atoms with van der Waals surface area (Å²) < 4.78 is 13.5. The van der Waals surface area contributed by atoms with E-state index in [1.165, 1.54) is 30.5 Å². The molecular weight excluding hydrogens is 269 g/mol. The largest absolute Gasteiger partial charge is 0.623 e. The van der Waals surface area contributed by atoms with Gasteiger partial charge in [0.05, 0.1) is 0 Å². The van der Waals surface area contributed by atoms with Gasteiger partial charge in [0.1, 0.15) is 5.82 Å². The Labute approximate surface area is 122 Å². The van der Waals surface area contributed by atoms with Gasteiger partial charge in [0.25, 0.3) is 0 Å². The van der Waals surface area contributed by atoms with E-state index in [0.29, 0.717) is 15.9 Å². The molecule has 0 unspecified atom stereocenters. The second kappa shape index (κ2) is 5.87. The van der Waals surface area contributed by atoms with Gasteiger partial charge in [-0.25, -0.2) is 4.39 Å². The van der Waals surface area contributed by atoms with Crippen LogP contribution in [0, 0.1) is 11.0 Å². The number of ketones is 1. The highest BCUT2D eigenvalue weighted by atomic mass is 19.1. The summed E-state index contributed by atoms with van der Waals surface area (Å²) >= 11 is 0. The topological polar surface area (TPSA) is 43.1 Å². The quantitative estimate of drug-likeness (QED) is 0.284. The lowest BCUT2D eigenvalue weighted by atomic mass is 9.93. The van der Waals surface area contributed by atoms with Gasteiger partial charge in [0, 0.05) is 25.0 Å². The highest BCUT2D eigenvalue weighted by Gasteiger charge is 2.36. The molecule has 0 amide bonds. The van der Waals surface area contributed by atoms with E-state index in [1.807, 2.05) is 6.07 Å². The SMILES string of the molecule is CC(C)(C(=O)c1ccccc1)[N+]([O-])=Cc1ccc(F)cc1. The summed E-state index contributed by atoms with van der Waals surface area (Å²) in [6.07, 6.45) is 1.29. The fraction of sp³-hybridized carbons (Fsp3) is 0.176. The van der Waals surface area contributed by atoms with E-state index in [0.717, 1.165) is 0 Å². The van der Waals surface area contributed by atoms with Gasteiger partial charge in [0.15, 0.2) is 6.21 Å². The van der Waals surface area contributed by atoms with Crippen LogP contribution in [0.3, 0.4) is 0 Å². The number of halogens is 1. The molecule has 21 heavy (non-hydrogen) atoms. The first-order valence-electron chi connectivity index (χ1n) is 6.58. The van der Waals surface area contributed by atoms with E-state index in [4.69, 9.17) is 0 Å². The summed E-state index contributed by atoms with van der Waals surface area (Å²) in [5, 5.41) is 12.3. The smallest absolute Gasteiger partial charge is 0.233 e. The number of Topliss-reactive ketones (excluding diaryl/α,β-unsaturated/α-hetero) is 1. The van der Waals surface area contributed by atoms with Gasteiger partial charge < -0.3 is 5.21 Å². The third-order valence-electron chi connectivity index (χ3n) is 3.28. The van der Waals surface area contributed by atoms with Crippen molar-refractivity contribution in [3.05, 3.63) is 76.7 Å². The molecule has 0 radical (unpaired) electrons. The number of nitrogens with zero attached hydrogens (tertiary/aromatic N) is 1. The first kappa shape index (κ1) is 14.9. The summed E-state index contributed by atoms with van der Waals surface area (Å²) in [4.78, 5) is 12.4. The molecular formula is C17H16FNO2. The number of hydrogen-bond acceptors (Lipinski definition) is 2. The minimum atomic E-state index is -1.24. The van der Waals surface area contributed by atoms with Crippen LogP contribution in [0.1, 0.15) is 29.8 Å². The van der Waals surface area contributed by atoms with Crippen LogP contribution < -0.4 is 0 Å². The molecule has 2 rings (SSSR count). The summed E-state index contributed by atoms with van der Waals surface area (Å²) in [6.45, 7) is 3.13. The fourth-order valence-electron chi connectivity index (χ4n) is 1.89. The molecule has 2 aromatic rings. The molecule has 0 saturated heterocycles. The third kappa shape index (κ3) is 3.34. The molecule has 0 spiro atoms. The Morgan fingerprint density at radius 3 is 2.24 bits per heavy atom. The summed E-state index contributed by atoms with van der Waals surface area (Å²) in [6, 6.07) is 14.2. The monoisotopic (exact) mass is 285 g/mol. The van der Waals surface area contributed by atoms with Crippen LogP contribution in [-0.4, -0.2) is 22.3 Å². The first-order valence-corrected chi connectivity index (χ1v) is 6.58. The van der Waals surface area contributed by atoms with Crippen molar-refractivity contribution < 1.29 is 13.9 Å². The standard InChI is InChI=1S/C17H16FNO2/c1-17(2,16(20)14-6-4-3-5-7-14)19(21)12-13-8-10-15(18)11-9-13/h3-12H,1-2H3. The van der Waals surface area contributed by atoms with E-state index >= 15 is 0 Å². The van der Waals surface area contributed by atoms with E-state index in [1.54, 1.807) is 38.1 Å². The first-order chi connectivity index (χ1) is 9.91. The normalized spacial score (nSPS) is 12.2. The maximum absolute atomic E-state index is 12.8. The second-order valence-electron chi connectivity index (χ2n) is 5.26. The Morgan fingerprint density at radius 1 is 1.10 bits per heavy atom. The average Bonchev–Trinajstić information content (AvgIpc) is 2.49. The van der Waals surface area contributed by atoms with Crippen LogP contribution in [0.5, 0.6) is 0 Å². The fourth-order valence-corrected chi connectivity index (χ4v) is 1.89. The molecule has 108 valence electrons.